The summed E-state index contributed by atoms with van der Waals surface area (Å²) in [7, 11) is 2.19. The lowest BCUT2D eigenvalue weighted by Crippen LogP contribution is -2.24. The Labute approximate surface area is 133 Å². The quantitative estimate of drug-likeness (QED) is 0.834. The van der Waals surface area contributed by atoms with E-state index >= 15 is 0 Å². The highest BCUT2D eigenvalue weighted by molar-refractivity contribution is 5.34. The SMILES string of the molecule is CC.CC.CCNc1cccc(C)n1.CN1CCCCC1. The second-order valence-electron chi connectivity index (χ2n) is 4.56. The summed E-state index contributed by atoms with van der Waals surface area (Å²) in [5, 5.41) is 3.14. The fraction of sp³-hybridized carbons (Fsp3) is 0.722. The Hall–Kier alpha value is -1.09. The summed E-state index contributed by atoms with van der Waals surface area (Å²) in [4.78, 5) is 6.64. The van der Waals surface area contributed by atoms with E-state index in [9.17, 15) is 0 Å². The molecule has 3 nitrogen and oxygen atoms in total. The Morgan fingerprint density at radius 3 is 2.00 bits per heavy atom. The van der Waals surface area contributed by atoms with Crippen LogP contribution in [0, 0.1) is 6.92 Å². The first-order chi connectivity index (χ1) is 10.2. The van der Waals surface area contributed by atoms with Crippen LogP contribution in [0.3, 0.4) is 0 Å². The molecule has 2 rings (SSSR count). The van der Waals surface area contributed by atoms with Gasteiger partial charge in [-0.25, -0.2) is 4.98 Å². The average molecular weight is 296 g/mol. The van der Waals surface area contributed by atoms with Crippen LogP contribution in [0.2, 0.25) is 0 Å². The number of piperidine rings is 1. The maximum atomic E-state index is 4.25. The van der Waals surface area contributed by atoms with Crippen molar-refractivity contribution < 1.29 is 0 Å². The molecule has 3 heteroatoms. The van der Waals surface area contributed by atoms with E-state index in [2.05, 4.69) is 29.2 Å². The molecule has 0 aliphatic carbocycles. The van der Waals surface area contributed by atoms with Crippen molar-refractivity contribution in [1.29, 1.82) is 0 Å². The minimum absolute atomic E-state index is 0.927. The van der Waals surface area contributed by atoms with E-state index in [-0.39, 0.29) is 0 Å². The molecule has 1 aromatic heterocycles. The van der Waals surface area contributed by atoms with Crippen LogP contribution in [0.15, 0.2) is 18.2 Å². The number of hydrogen-bond donors (Lipinski definition) is 1. The van der Waals surface area contributed by atoms with Gasteiger partial charge >= 0.3 is 0 Å². The molecule has 21 heavy (non-hydrogen) atoms. The predicted octanol–water partition coefficient (Wildman–Crippen LogP) is 4.98. The van der Waals surface area contributed by atoms with Crippen molar-refractivity contribution in [2.45, 2.75) is 60.8 Å². The van der Waals surface area contributed by atoms with Gasteiger partial charge in [-0.15, -0.1) is 0 Å². The molecule has 1 N–H and O–H groups in total. The van der Waals surface area contributed by atoms with Crippen LogP contribution >= 0.6 is 0 Å². The van der Waals surface area contributed by atoms with Gasteiger partial charge in [0.25, 0.3) is 0 Å². The van der Waals surface area contributed by atoms with Crippen molar-refractivity contribution in [2.75, 3.05) is 32.0 Å². The van der Waals surface area contributed by atoms with E-state index in [4.69, 9.17) is 0 Å². The fourth-order valence-electron chi connectivity index (χ4n) is 1.87. The second kappa shape index (κ2) is 17.0. The lowest BCUT2D eigenvalue weighted by molar-refractivity contribution is 0.277. The molecule has 0 unspecified atom stereocenters. The van der Waals surface area contributed by atoms with Gasteiger partial charge in [-0.05, 0) is 59.0 Å². The van der Waals surface area contributed by atoms with Crippen molar-refractivity contribution in [1.82, 2.24) is 9.88 Å². The summed E-state index contributed by atoms with van der Waals surface area (Å²) in [6.45, 7) is 15.6. The third-order valence-corrected chi connectivity index (χ3v) is 2.83. The molecule has 0 saturated carbocycles. The Balaban J connectivity index is 0. The van der Waals surface area contributed by atoms with Crippen LogP contribution < -0.4 is 5.32 Å². The molecular weight excluding hydrogens is 258 g/mol. The van der Waals surface area contributed by atoms with Gasteiger partial charge in [0.15, 0.2) is 0 Å². The van der Waals surface area contributed by atoms with Gasteiger partial charge in [0.1, 0.15) is 5.82 Å². The van der Waals surface area contributed by atoms with Crippen molar-refractivity contribution in [2.24, 2.45) is 0 Å². The Morgan fingerprint density at radius 2 is 1.62 bits per heavy atom. The third kappa shape index (κ3) is 13.6. The van der Waals surface area contributed by atoms with Gasteiger partial charge in [0.05, 0.1) is 0 Å². The molecule has 1 aliphatic rings. The van der Waals surface area contributed by atoms with Gasteiger partial charge < -0.3 is 10.2 Å². The van der Waals surface area contributed by atoms with E-state index in [1.807, 2.05) is 52.8 Å². The fourth-order valence-corrected chi connectivity index (χ4v) is 1.87. The molecule has 1 aliphatic heterocycles. The van der Waals surface area contributed by atoms with E-state index in [0.717, 1.165) is 18.1 Å². The number of likely N-dealkylation sites (tertiary alicyclic amines) is 1. The molecular formula is C18H37N3. The number of pyridine rings is 1. The number of aryl methyl sites for hydroxylation is 1. The van der Waals surface area contributed by atoms with Crippen molar-refractivity contribution in [3.05, 3.63) is 23.9 Å². The number of nitrogens with zero attached hydrogens (tertiary/aromatic N) is 2. The highest BCUT2D eigenvalue weighted by Crippen LogP contribution is 2.04. The first kappa shape index (κ1) is 22.2. The zero-order valence-corrected chi connectivity index (χ0v) is 15.4. The van der Waals surface area contributed by atoms with Crippen LogP contribution in [0.1, 0.15) is 59.6 Å². The summed E-state index contributed by atoms with van der Waals surface area (Å²) in [5.74, 6) is 0.961. The van der Waals surface area contributed by atoms with E-state index in [1.165, 1.54) is 32.4 Å². The van der Waals surface area contributed by atoms with Crippen LogP contribution in [-0.4, -0.2) is 36.6 Å². The summed E-state index contributed by atoms with van der Waals surface area (Å²) in [6, 6.07) is 5.96. The average Bonchev–Trinajstić information content (AvgIpc) is 2.53. The first-order valence-corrected chi connectivity index (χ1v) is 8.58. The Kier molecular flexibility index (Phi) is 17.9. The minimum atomic E-state index is 0.927. The van der Waals surface area contributed by atoms with Crippen LogP contribution in [-0.2, 0) is 0 Å². The van der Waals surface area contributed by atoms with Crippen molar-refractivity contribution >= 4 is 5.82 Å². The van der Waals surface area contributed by atoms with E-state index in [1.54, 1.807) is 0 Å². The second-order valence-corrected chi connectivity index (χ2v) is 4.56. The van der Waals surface area contributed by atoms with Crippen molar-refractivity contribution in [3.8, 4) is 0 Å². The van der Waals surface area contributed by atoms with Crippen molar-refractivity contribution in [3.63, 3.8) is 0 Å². The number of anilines is 1. The summed E-state index contributed by atoms with van der Waals surface area (Å²) in [6.07, 6.45) is 4.28. The largest absolute Gasteiger partial charge is 0.370 e. The Bertz CT molecular complexity index is 307. The molecule has 0 atom stereocenters. The molecule has 0 spiro atoms. The molecule has 1 fully saturated rings. The maximum absolute atomic E-state index is 4.25. The predicted molar refractivity (Wildman–Crippen MR) is 97.2 cm³/mol. The van der Waals surface area contributed by atoms with Gasteiger partial charge in [-0.1, -0.05) is 40.2 Å². The molecule has 1 saturated heterocycles. The molecule has 1 aromatic rings. The summed E-state index contributed by atoms with van der Waals surface area (Å²) in [5.41, 5.74) is 1.05. The number of rotatable bonds is 2. The van der Waals surface area contributed by atoms with Gasteiger partial charge in [0.2, 0.25) is 0 Å². The highest BCUT2D eigenvalue weighted by Gasteiger charge is 2.02. The van der Waals surface area contributed by atoms with Gasteiger partial charge in [-0.3, -0.25) is 0 Å². The molecule has 0 radical (unpaired) electrons. The summed E-state index contributed by atoms with van der Waals surface area (Å²) < 4.78 is 0. The molecule has 0 bridgehead atoms. The van der Waals surface area contributed by atoms with E-state index < -0.39 is 0 Å². The minimum Gasteiger partial charge on any atom is -0.370 e. The monoisotopic (exact) mass is 295 g/mol. The smallest absolute Gasteiger partial charge is 0.126 e. The third-order valence-electron chi connectivity index (χ3n) is 2.83. The van der Waals surface area contributed by atoms with Gasteiger partial charge in [-0.2, -0.15) is 0 Å². The van der Waals surface area contributed by atoms with Gasteiger partial charge in [0, 0.05) is 12.2 Å². The van der Waals surface area contributed by atoms with E-state index in [0.29, 0.717) is 0 Å². The standard InChI is InChI=1S/C8H12N2.C6H13N.2C2H6/c1-3-9-8-6-4-5-7(2)10-8;1-7-5-3-2-4-6-7;2*1-2/h4-6H,3H2,1-2H3,(H,9,10);2-6H2,1H3;2*1-2H3. The number of hydrogen-bond acceptors (Lipinski definition) is 3. The molecule has 2 heterocycles. The van der Waals surface area contributed by atoms with Crippen LogP contribution in [0.5, 0.6) is 0 Å². The van der Waals surface area contributed by atoms with Crippen LogP contribution in [0.25, 0.3) is 0 Å². The first-order valence-electron chi connectivity index (χ1n) is 8.58. The van der Waals surface area contributed by atoms with Crippen LogP contribution in [0.4, 0.5) is 5.82 Å². The summed E-state index contributed by atoms with van der Waals surface area (Å²) >= 11 is 0. The molecule has 0 aromatic carbocycles. The lowest BCUT2D eigenvalue weighted by atomic mass is 10.1. The molecule has 124 valence electrons. The highest BCUT2D eigenvalue weighted by atomic mass is 15.1. The normalized spacial score (nSPS) is 13.5. The maximum Gasteiger partial charge on any atom is 0.126 e. The lowest BCUT2D eigenvalue weighted by Gasteiger charge is -2.20. The zero-order chi connectivity index (χ0) is 16.5. The zero-order valence-electron chi connectivity index (χ0n) is 15.4. The topological polar surface area (TPSA) is 28.2 Å². The molecule has 0 amide bonds. The number of aromatic nitrogens is 1. The number of nitrogens with one attached hydrogen (secondary N) is 1. The Morgan fingerprint density at radius 1 is 1.05 bits per heavy atom.